The van der Waals surface area contributed by atoms with Crippen LogP contribution >= 0.6 is 0 Å². The maximum Gasteiger partial charge on any atom is 0.573 e. The van der Waals surface area contributed by atoms with Gasteiger partial charge in [0.1, 0.15) is 11.6 Å². The lowest BCUT2D eigenvalue weighted by molar-refractivity contribution is -0.274. The van der Waals surface area contributed by atoms with Crippen molar-refractivity contribution in [3.63, 3.8) is 0 Å². The minimum Gasteiger partial charge on any atom is -0.406 e. The average Bonchev–Trinajstić information content (AvgIpc) is 3.42. The second kappa shape index (κ2) is 13.2. The quantitative estimate of drug-likeness (QED) is 0.255. The standard InChI is InChI=1S/C24H24F3N3O2.C6H6O3S/c1-2-17-14-22(29-21-6-4-3-5-20(17)21)28-18-11-12-30(15-18)23(31)13-16-7-9-19(10-8-16)32-24(25,26)27;7-10(8,9)6-4-2-1-3-5-6/h3-10,14,18H,2,11-13,15H2,1H3,(H,28,29);1-5H,(H,7,8,9)/t18-;/m0./s1. The van der Waals surface area contributed by atoms with E-state index < -0.39 is 16.5 Å². The number of aromatic nitrogens is 1. The second-order valence-corrected chi connectivity index (χ2v) is 11.1. The molecule has 3 aromatic carbocycles. The van der Waals surface area contributed by atoms with Crippen LogP contribution in [0, 0.1) is 0 Å². The Bertz CT molecular complexity index is 1620. The van der Waals surface area contributed by atoms with Crippen molar-refractivity contribution in [1.29, 1.82) is 0 Å². The van der Waals surface area contributed by atoms with E-state index in [1.165, 1.54) is 42.0 Å². The molecule has 0 aliphatic carbocycles. The maximum atomic E-state index is 12.7. The van der Waals surface area contributed by atoms with E-state index >= 15 is 0 Å². The molecule has 0 bridgehead atoms. The zero-order valence-electron chi connectivity index (χ0n) is 22.7. The molecule has 0 spiro atoms. The number of anilines is 1. The normalized spacial score (nSPS) is 15.2. The van der Waals surface area contributed by atoms with Crippen LogP contribution in [0.3, 0.4) is 0 Å². The SMILES string of the molecule is CCc1cc(N[C@H]2CCN(C(=O)Cc3ccc(OC(F)(F)F)cc3)C2)nc2ccccc12.O=S(=O)(O)c1ccccc1. The summed E-state index contributed by atoms with van der Waals surface area (Å²) in [5, 5.41) is 4.61. The number of fused-ring (bicyclic) bond motifs is 1. The number of alkyl halides is 3. The highest BCUT2D eigenvalue weighted by atomic mass is 32.2. The summed E-state index contributed by atoms with van der Waals surface area (Å²) in [6, 6.07) is 23.0. The van der Waals surface area contributed by atoms with Crippen LogP contribution in [-0.4, -0.2) is 54.3 Å². The third-order valence-corrected chi connectivity index (χ3v) is 7.50. The Morgan fingerprint density at radius 3 is 2.33 bits per heavy atom. The molecule has 2 N–H and O–H groups in total. The van der Waals surface area contributed by atoms with Crippen LogP contribution in [0.15, 0.2) is 89.8 Å². The lowest BCUT2D eigenvalue weighted by Crippen LogP contribution is -2.32. The van der Waals surface area contributed by atoms with Crippen molar-refractivity contribution in [2.24, 2.45) is 0 Å². The first-order valence-corrected chi connectivity index (χ1v) is 14.7. The van der Waals surface area contributed by atoms with E-state index in [1.807, 2.05) is 18.2 Å². The van der Waals surface area contributed by atoms with Crippen LogP contribution in [0.25, 0.3) is 10.9 Å². The number of nitrogens with zero attached hydrogens (tertiary/aromatic N) is 2. The van der Waals surface area contributed by atoms with Crippen molar-refractivity contribution in [2.75, 3.05) is 18.4 Å². The van der Waals surface area contributed by atoms with Gasteiger partial charge in [-0.25, -0.2) is 4.98 Å². The van der Waals surface area contributed by atoms with Gasteiger partial charge in [-0.15, -0.1) is 13.2 Å². The van der Waals surface area contributed by atoms with Crippen molar-refractivity contribution in [1.82, 2.24) is 9.88 Å². The van der Waals surface area contributed by atoms with Gasteiger partial charge < -0.3 is 15.0 Å². The third kappa shape index (κ3) is 8.67. The second-order valence-electron chi connectivity index (χ2n) is 9.66. The summed E-state index contributed by atoms with van der Waals surface area (Å²) >= 11 is 0. The minimum absolute atomic E-state index is 0.0560. The molecule has 42 heavy (non-hydrogen) atoms. The number of hydrogen-bond donors (Lipinski definition) is 2. The topological polar surface area (TPSA) is 109 Å². The average molecular weight is 602 g/mol. The van der Waals surface area contributed by atoms with Gasteiger partial charge in [0.2, 0.25) is 5.91 Å². The number of pyridine rings is 1. The third-order valence-electron chi connectivity index (χ3n) is 6.63. The van der Waals surface area contributed by atoms with Crippen LogP contribution in [-0.2, 0) is 27.8 Å². The Balaban J connectivity index is 0.000000343. The molecule has 1 saturated heterocycles. The van der Waals surface area contributed by atoms with Gasteiger partial charge in [0.25, 0.3) is 10.1 Å². The molecule has 4 aromatic rings. The minimum atomic E-state index is -4.73. The van der Waals surface area contributed by atoms with Gasteiger partial charge in [0, 0.05) is 24.5 Å². The van der Waals surface area contributed by atoms with E-state index in [-0.39, 0.29) is 29.0 Å². The summed E-state index contributed by atoms with van der Waals surface area (Å²) in [6.45, 7) is 3.30. The first-order valence-electron chi connectivity index (χ1n) is 13.2. The number of likely N-dealkylation sites (tertiary alicyclic amines) is 1. The lowest BCUT2D eigenvalue weighted by atomic mass is 10.1. The largest absolute Gasteiger partial charge is 0.573 e. The molecule has 5 rings (SSSR count). The predicted molar refractivity (Wildman–Crippen MR) is 153 cm³/mol. The highest BCUT2D eigenvalue weighted by molar-refractivity contribution is 7.85. The summed E-state index contributed by atoms with van der Waals surface area (Å²) in [7, 11) is -4.00. The van der Waals surface area contributed by atoms with Crippen LogP contribution < -0.4 is 10.1 Å². The van der Waals surface area contributed by atoms with E-state index in [4.69, 9.17) is 9.54 Å². The molecule has 2 heterocycles. The van der Waals surface area contributed by atoms with Gasteiger partial charge in [-0.2, -0.15) is 8.42 Å². The molecule has 0 unspecified atom stereocenters. The Morgan fingerprint density at radius 2 is 1.71 bits per heavy atom. The van der Waals surface area contributed by atoms with Crippen LogP contribution in [0.1, 0.15) is 24.5 Å². The molecule has 1 aliphatic heterocycles. The summed E-state index contributed by atoms with van der Waals surface area (Å²) in [4.78, 5) is 19.1. The number of carbonyl (C=O) groups excluding carboxylic acids is 1. The number of ether oxygens (including phenoxy) is 1. The van der Waals surface area contributed by atoms with Gasteiger partial charge in [0.05, 0.1) is 16.8 Å². The van der Waals surface area contributed by atoms with E-state index in [0.29, 0.717) is 18.7 Å². The molecule has 12 heteroatoms. The zero-order valence-corrected chi connectivity index (χ0v) is 23.5. The van der Waals surface area contributed by atoms with Crippen LogP contribution in [0.4, 0.5) is 19.0 Å². The molecule has 0 saturated carbocycles. The van der Waals surface area contributed by atoms with Crippen molar-refractivity contribution >= 4 is 32.7 Å². The van der Waals surface area contributed by atoms with Gasteiger partial charge in [0.15, 0.2) is 0 Å². The van der Waals surface area contributed by atoms with Gasteiger partial charge in [-0.05, 0) is 60.4 Å². The van der Waals surface area contributed by atoms with Gasteiger partial charge in [-0.3, -0.25) is 9.35 Å². The number of aryl methyl sites for hydroxylation is 1. The fourth-order valence-corrected chi connectivity index (χ4v) is 5.12. The molecule has 222 valence electrons. The highest BCUT2D eigenvalue weighted by Gasteiger charge is 2.31. The Labute approximate surface area is 241 Å². The molecule has 1 aromatic heterocycles. The molecule has 1 fully saturated rings. The lowest BCUT2D eigenvalue weighted by Gasteiger charge is -2.18. The zero-order chi connectivity index (χ0) is 30.3. The monoisotopic (exact) mass is 601 g/mol. The summed E-state index contributed by atoms with van der Waals surface area (Å²) in [5.74, 6) is 0.452. The number of amides is 1. The maximum absolute atomic E-state index is 12.7. The van der Waals surface area contributed by atoms with E-state index in [1.54, 1.807) is 23.1 Å². The van der Waals surface area contributed by atoms with Crippen LogP contribution in [0.5, 0.6) is 5.75 Å². The molecular weight excluding hydrogens is 571 g/mol. The fourth-order valence-electron chi connectivity index (χ4n) is 4.62. The summed E-state index contributed by atoms with van der Waals surface area (Å²) in [5.41, 5.74) is 2.81. The predicted octanol–water partition coefficient (Wildman–Crippen LogP) is 5.88. The number of rotatable bonds is 7. The summed E-state index contributed by atoms with van der Waals surface area (Å²) < 4.78 is 69.9. The number of carbonyl (C=O) groups is 1. The fraction of sp³-hybridized carbons (Fsp3) is 0.267. The Morgan fingerprint density at radius 1 is 1.05 bits per heavy atom. The summed E-state index contributed by atoms with van der Waals surface area (Å²) in [6.07, 6.45) is -2.89. The molecule has 1 amide bonds. The number of benzene rings is 3. The first-order chi connectivity index (χ1) is 19.9. The number of halogens is 3. The molecule has 1 atom stereocenters. The Kier molecular flexibility index (Phi) is 9.69. The van der Waals surface area contributed by atoms with Crippen molar-refractivity contribution in [3.8, 4) is 5.75 Å². The molecule has 0 radical (unpaired) electrons. The van der Waals surface area contributed by atoms with E-state index in [2.05, 4.69) is 29.1 Å². The first kappa shape index (κ1) is 30.8. The molecule has 1 aliphatic rings. The highest BCUT2D eigenvalue weighted by Crippen LogP contribution is 2.25. The van der Waals surface area contributed by atoms with E-state index in [9.17, 15) is 26.4 Å². The van der Waals surface area contributed by atoms with Gasteiger partial charge >= 0.3 is 6.36 Å². The van der Waals surface area contributed by atoms with Crippen molar-refractivity contribution in [3.05, 3.63) is 96.1 Å². The number of hydrogen-bond acceptors (Lipinski definition) is 6. The van der Waals surface area contributed by atoms with Crippen LogP contribution in [0.2, 0.25) is 0 Å². The van der Waals surface area contributed by atoms with Crippen molar-refractivity contribution in [2.45, 2.75) is 43.5 Å². The Hall–Kier alpha value is -4.16. The molecular formula is C30H30F3N3O5S. The number of para-hydroxylation sites is 1. The smallest absolute Gasteiger partial charge is 0.406 e. The van der Waals surface area contributed by atoms with Gasteiger partial charge in [-0.1, -0.05) is 55.5 Å². The van der Waals surface area contributed by atoms with E-state index in [0.717, 1.165) is 29.6 Å². The molecule has 8 nitrogen and oxygen atoms in total. The van der Waals surface area contributed by atoms with Crippen molar-refractivity contribution < 1.29 is 35.7 Å². The number of nitrogens with one attached hydrogen (secondary N) is 1.